The lowest BCUT2D eigenvalue weighted by atomic mass is 10.1. The first-order valence-corrected chi connectivity index (χ1v) is 10.4. The first-order valence-electron chi connectivity index (χ1n) is 10.4. The summed E-state index contributed by atoms with van der Waals surface area (Å²) in [7, 11) is 0. The second-order valence-electron chi connectivity index (χ2n) is 7.82. The van der Waals surface area contributed by atoms with Crippen LogP contribution in [-0.4, -0.2) is 24.6 Å². The molecule has 0 saturated carbocycles. The van der Waals surface area contributed by atoms with Crippen LogP contribution in [0.25, 0.3) is 33.3 Å². The van der Waals surface area contributed by atoms with E-state index >= 15 is 0 Å². The van der Waals surface area contributed by atoms with Crippen LogP contribution in [0, 0.1) is 5.92 Å². The van der Waals surface area contributed by atoms with Crippen molar-refractivity contribution < 1.29 is 4.42 Å². The van der Waals surface area contributed by atoms with E-state index in [1.807, 2.05) is 24.3 Å². The van der Waals surface area contributed by atoms with Gasteiger partial charge in [-0.15, -0.1) is 0 Å². The molecule has 2 aromatic rings. The Hall–Kier alpha value is -2.92. The van der Waals surface area contributed by atoms with Crippen molar-refractivity contribution in [1.29, 1.82) is 0 Å². The molecule has 0 spiro atoms. The summed E-state index contributed by atoms with van der Waals surface area (Å²) < 4.78 is 6.28. The molecule has 150 valence electrons. The number of nitrogens with two attached hydrogens (primary N) is 1. The van der Waals surface area contributed by atoms with Crippen molar-refractivity contribution in [2.24, 2.45) is 16.6 Å². The van der Waals surface area contributed by atoms with Crippen LogP contribution in [0.2, 0.25) is 0 Å². The molecule has 5 heteroatoms. The SMILES string of the molecule is CC(C)CCNc1cc2oc3cc(=NCCCN)ccc-3nc2c2ccccc12. The molecule has 0 bridgehead atoms. The number of anilines is 1. The van der Waals surface area contributed by atoms with E-state index in [1.54, 1.807) is 0 Å². The minimum Gasteiger partial charge on any atom is -0.453 e. The molecule has 0 unspecified atom stereocenters. The van der Waals surface area contributed by atoms with E-state index < -0.39 is 0 Å². The van der Waals surface area contributed by atoms with Crippen LogP contribution in [0.4, 0.5) is 5.69 Å². The Morgan fingerprint density at radius 2 is 1.93 bits per heavy atom. The molecule has 0 saturated heterocycles. The van der Waals surface area contributed by atoms with Crippen LogP contribution in [0.1, 0.15) is 26.7 Å². The lowest BCUT2D eigenvalue weighted by molar-refractivity contribution is 0.606. The van der Waals surface area contributed by atoms with Gasteiger partial charge in [0.2, 0.25) is 0 Å². The Labute approximate surface area is 171 Å². The zero-order valence-electron chi connectivity index (χ0n) is 17.1. The number of nitrogens with zero attached hydrogens (tertiary/aromatic N) is 2. The summed E-state index contributed by atoms with van der Waals surface area (Å²) in [5.41, 5.74) is 9.15. The second kappa shape index (κ2) is 8.62. The monoisotopic (exact) mass is 388 g/mol. The minimum atomic E-state index is 0.646. The molecule has 4 rings (SSSR count). The first kappa shape index (κ1) is 19.4. The zero-order valence-corrected chi connectivity index (χ0v) is 17.1. The van der Waals surface area contributed by atoms with Crippen molar-refractivity contribution >= 4 is 27.6 Å². The van der Waals surface area contributed by atoms with Crippen molar-refractivity contribution in [1.82, 2.24) is 4.98 Å². The van der Waals surface area contributed by atoms with Crippen LogP contribution < -0.4 is 16.4 Å². The van der Waals surface area contributed by atoms with Crippen molar-refractivity contribution in [2.45, 2.75) is 26.7 Å². The molecule has 29 heavy (non-hydrogen) atoms. The van der Waals surface area contributed by atoms with Crippen LogP contribution in [0.15, 0.2) is 57.9 Å². The Morgan fingerprint density at radius 1 is 1.10 bits per heavy atom. The normalized spacial score (nSPS) is 12.5. The molecular weight excluding hydrogens is 360 g/mol. The van der Waals surface area contributed by atoms with Gasteiger partial charge in [-0.05, 0) is 37.4 Å². The highest BCUT2D eigenvalue weighted by Crippen LogP contribution is 2.34. The molecule has 0 aromatic heterocycles. The number of rotatable bonds is 7. The standard InChI is InChI=1S/C24H28N4O/c1-16(2)10-13-27-21-15-23-24(19-7-4-3-6-18(19)21)28-20-9-8-17(14-22(20)29-23)26-12-5-11-25/h3-4,6-9,14-16,27H,5,10-13,25H2,1-2H3. The maximum Gasteiger partial charge on any atom is 0.155 e. The Balaban J connectivity index is 1.83. The van der Waals surface area contributed by atoms with Crippen LogP contribution >= 0.6 is 0 Å². The van der Waals surface area contributed by atoms with Gasteiger partial charge in [-0.3, -0.25) is 4.99 Å². The van der Waals surface area contributed by atoms with Crippen LogP contribution in [0.5, 0.6) is 0 Å². The molecule has 3 N–H and O–H groups in total. The molecule has 5 nitrogen and oxygen atoms in total. The molecule has 2 aliphatic rings. The molecule has 1 aliphatic heterocycles. The van der Waals surface area contributed by atoms with E-state index in [4.69, 9.17) is 15.1 Å². The Kier molecular flexibility index (Phi) is 5.76. The van der Waals surface area contributed by atoms with E-state index in [1.165, 1.54) is 5.39 Å². The molecular formula is C24H28N4O. The fourth-order valence-corrected chi connectivity index (χ4v) is 3.48. The predicted molar refractivity (Wildman–Crippen MR) is 120 cm³/mol. The van der Waals surface area contributed by atoms with E-state index in [2.05, 4.69) is 48.4 Å². The average Bonchev–Trinajstić information content (AvgIpc) is 2.72. The summed E-state index contributed by atoms with van der Waals surface area (Å²) in [4.78, 5) is 9.48. The highest BCUT2D eigenvalue weighted by Gasteiger charge is 2.14. The van der Waals surface area contributed by atoms with Gasteiger partial charge in [0.25, 0.3) is 0 Å². The molecule has 0 atom stereocenters. The molecule has 0 radical (unpaired) electrons. The maximum absolute atomic E-state index is 6.28. The van der Waals surface area contributed by atoms with E-state index in [-0.39, 0.29) is 0 Å². The summed E-state index contributed by atoms with van der Waals surface area (Å²) >= 11 is 0. The van der Waals surface area contributed by atoms with E-state index in [9.17, 15) is 0 Å². The van der Waals surface area contributed by atoms with Crippen molar-refractivity contribution in [2.75, 3.05) is 25.0 Å². The van der Waals surface area contributed by atoms with E-state index in [0.29, 0.717) is 12.5 Å². The van der Waals surface area contributed by atoms with Gasteiger partial charge in [0.15, 0.2) is 11.3 Å². The number of hydrogen-bond acceptors (Lipinski definition) is 5. The smallest absolute Gasteiger partial charge is 0.155 e. The average molecular weight is 389 g/mol. The molecule has 2 aromatic carbocycles. The summed E-state index contributed by atoms with van der Waals surface area (Å²) in [6, 6.07) is 16.3. The Morgan fingerprint density at radius 3 is 2.72 bits per heavy atom. The summed E-state index contributed by atoms with van der Waals surface area (Å²) in [5.74, 6) is 1.40. The predicted octanol–water partition coefficient (Wildman–Crippen LogP) is 4.79. The van der Waals surface area contributed by atoms with Crippen molar-refractivity contribution in [3.05, 3.63) is 53.9 Å². The second-order valence-corrected chi connectivity index (χ2v) is 7.82. The zero-order chi connectivity index (χ0) is 20.2. The van der Waals surface area contributed by atoms with Gasteiger partial charge in [0, 0.05) is 41.7 Å². The molecule has 1 heterocycles. The third-order valence-electron chi connectivity index (χ3n) is 5.07. The first-order chi connectivity index (χ1) is 14.2. The largest absolute Gasteiger partial charge is 0.453 e. The van der Waals surface area contributed by atoms with Gasteiger partial charge in [-0.25, -0.2) is 4.98 Å². The summed E-state index contributed by atoms with van der Waals surface area (Å²) in [6.45, 7) is 6.77. The fourth-order valence-electron chi connectivity index (χ4n) is 3.48. The summed E-state index contributed by atoms with van der Waals surface area (Å²) in [6.07, 6.45) is 2.00. The van der Waals surface area contributed by atoms with Gasteiger partial charge in [0.1, 0.15) is 11.2 Å². The molecule has 0 amide bonds. The maximum atomic E-state index is 6.28. The third-order valence-corrected chi connectivity index (χ3v) is 5.07. The number of benzene rings is 3. The van der Waals surface area contributed by atoms with Crippen molar-refractivity contribution in [3.8, 4) is 11.5 Å². The quantitative estimate of drug-likeness (QED) is 0.271. The van der Waals surface area contributed by atoms with E-state index in [0.717, 1.165) is 64.9 Å². The molecule has 0 fully saturated rings. The van der Waals surface area contributed by atoms with Crippen LogP contribution in [0.3, 0.4) is 0 Å². The molecule has 1 aliphatic carbocycles. The third kappa shape index (κ3) is 4.25. The van der Waals surface area contributed by atoms with Gasteiger partial charge < -0.3 is 15.5 Å². The Bertz CT molecular complexity index is 1160. The highest BCUT2D eigenvalue weighted by molar-refractivity contribution is 6.10. The number of hydrogen-bond donors (Lipinski definition) is 2. The number of nitrogens with one attached hydrogen (secondary N) is 1. The van der Waals surface area contributed by atoms with Gasteiger partial charge >= 0.3 is 0 Å². The highest BCUT2D eigenvalue weighted by atomic mass is 16.3. The number of fused-ring (bicyclic) bond motifs is 4. The lowest BCUT2D eigenvalue weighted by Crippen LogP contribution is -2.07. The van der Waals surface area contributed by atoms with Crippen molar-refractivity contribution in [3.63, 3.8) is 0 Å². The van der Waals surface area contributed by atoms with Crippen LogP contribution in [-0.2, 0) is 0 Å². The minimum absolute atomic E-state index is 0.646. The lowest BCUT2D eigenvalue weighted by Gasteiger charge is -2.14. The van der Waals surface area contributed by atoms with Gasteiger partial charge in [0.05, 0.1) is 5.36 Å². The topological polar surface area (TPSA) is 76.4 Å². The van der Waals surface area contributed by atoms with Gasteiger partial charge in [-0.1, -0.05) is 38.1 Å². The fraction of sp³-hybridized carbons (Fsp3) is 0.333. The summed E-state index contributed by atoms with van der Waals surface area (Å²) in [5, 5.41) is 6.74. The van der Waals surface area contributed by atoms with Gasteiger partial charge in [-0.2, -0.15) is 0 Å². The number of aromatic nitrogens is 1.